The Balaban J connectivity index is 3.09. The van der Waals surface area contributed by atoms with Crippen LogP contribution in [-0.4, -0.2) is 21.3 Å². The average molecular weight is 348 g/mol. The molecule has 1 rings (SSSR count). The molecule has 0 saturated carbocycles. The van der Waals surface area contributed by atoms with Crippen LogP contribution in [0.1, 0.15) is 29.3 Å². The highest BCUT2D eigenvalue weighted by molar-refractivity contribution is 14.1. The summed E-state index contributed by atoms with van der Waals surface area (Å²) >= 11 is 1.89. The van der Waals surface area contributed by atoms with Crippen LogP contribution in [0.25, 0.3) is 0 Å². The lowest BCUT2D eigenvalue weighted by Crippen LogP contribution is -2.10. The second kappa shape index (κ2) is 6.00. The van der Waals surface area contributed by atoms with Crippen molar-refractivity contribution >= 4 is 34.3 Å². The molecule has 0 fully saturated rings. The van der Waals surface area contributed by atoms with Gasteiger partial charge < -0.3 is 9.84 Å². The number of phenols is 1. The van der Waals surface area contributed by atoms with Gasteiger partial charge in [-0.25, -0.2) is 0 Å². The summed E-state index contributed by atoms with van der Waals surface area (Å²) in [5, 5.41) is 9.69. The van der Waals surface area contributed by atoms with Crippen LogP contribution in [0.5, 0.6) is 11.5 Å². The van der Waals surface area contributed by atoms with Crippen molar-refractivity contribution in [1.29, 1.82) is 0 Å². The minimum Gasteiger partial charge on any atom is -0.507 e. The lowest BCUT2D eigenvalue weighted by molar-refractivity contribution is -0.131. The zero-order valence-electron chi connectivity index (χ0n) is 9.62. The van der Waals surface area contributed by atoms with E-state index in [4.69, 9.17) is 4.74 Å². The van der Waals surface area contributed by atoms with Gasteiger partial charge >= 0.3 is 5.97 Å². The largest absolute Gasteiger partial charge is 0.507 e. The second-order valence-electron chi connectivity index (χ2n) is 3.52. The van der Waals surface area contributed by atoms with Gasteiger partial charge in [-0.2, -0.15) is 0 Å². The smallest absolute Gasteiger partial charge is 0.321 e. The fraction of sp³-hybridized carbons (Fsp3) is 0.333. The number of hydrogen-bond donors (Lipinski definition) is 1. The van der Waals surface area contributed by atoms with Crippen LogP contribution >= 0.6 is 22.6 Å². The number of aryl methyl sites for hydroxylation is 1. The topological polar surface area (TPSA) is 63.6 Å². The molecule has 0 atom stereocenters. The number of rotatable bonds is 4. The molecule has 17 heavy (non-hydrogen) atoms. The van der Waals surface area contributed by atoms with Crippen molar-refractivity contribution in [2.75, 3.05) is 4.43 Å². The first-order valence-electron chi connectivity index (χ1n) is 5.13. The molecular weight excluding hydrogens is 335 g/mol. The van der Waals surface area contributed by atoms with Gasteiger partial charge in [-0.05, 0) is 18.6 Å². The van der Waals surface area contributed by atoms with Gasteiger partial charge in [0.25, 0.3) is 0 Å². The Labute approximate surface area is 113 Å². The number of alkyl halides is 1. The summed E-state index contributed by atoms with van der Waals surface area (Å²) in [5.41, 5.74) is 0.914. The third-order valence-electron chi connectivity index (χ3n) is 2.25. The van der Waals surface area contributed by atoms with Crippen LogP contribution in [0.3, 0.4) is 0 Å². The van der Waals surface area contributed by atoms with E-state index in [1.54, 1.807) is 13.8 Å². The fourth-order valence-electron chi connectivity index (χ4n) is 1.35. The molecule has 0 saturated heterocycles. The molecule has 0 heterocycles. The summed E-state index contributed by atoms with van der Waals surface area (Å²) < 4.78 is 5.26. The molecule has 1 aromatic carbocycles. The van der Waals surface area contributed by atoms with Gasteiger partial charge in [0.15, 0.2) is 5.78 Å². The first kappa shape index (κ1) is 14.0. The molecule has 0 aliphatic carbocycles. The third kappa shape index (κ3) is 3.42. The Bertz CT molecular complexity index is 454. The maximum Gasteiger partial charge on any atom is 0.321 e. The molecule has 1 aromatic rings. The van der Waals surface area contributed by atoms with E-state index >= 15 is 0 Å². The number of hydrogen-bond acceptors (Lipinski definition) is 4. The number of benzene rings is 1. The molecule has 0 spiro atoms. The number of aromatic hydroxyl groups is 1. The lowest BCUT2D eigenvalue weighted by Gasteiger charge is -2.09. The normalized spacial score (nSPS) is 10.1. The second-order valence-corrected chi connectivity index (χ2v) is 4.28. The lowest BCUT2D eigenvalue weighted by atomic mass is 10.0. The number of halogens is 1. The van der Waals surface area contributed by atoms with E-state index in [2.05, 4.69) is 0 Å². The summed E-state index contributed by atoms with van der Waals surface area (Å²) in [5.74, 6) is -0.393. The van der Waals surface area contributed by atoms with Gasteiger partial charge in [-0.1, -0.05) is 29.5 Å². The van der Waals surface area contributed by atoms with E-state index in [1.165, 1.54) is 12.1 Å². The highest BCUT2D eigenvalue weighted by atomic mass is 127. The molecule has 0 bridgehead atoms. The van der Waals surface area contributed by atoms with Crippen LogP contribution in [0.4, 0.5) is 0 Å². The Hall–Kier alpha value is -1.11. The van der Waals surface area contributed by atoms with Crippen molar-refractivity contribution < 1.29 is 19.4 Å². The van der Waals surface area contributed by atoms with E-state index < -0.39 is 0 Å². The van der Waals surface area contributed by atoms with E-state index in [-0.39, 0.29) is 33.2 Å². The first-order chi connectivity index (χ1) is 7.99. The molecule has 0 amide bonds. The minimum absolute atomic E-state index is 0.141. The number of phenolic OH excluding ortho intramolecular Hbond substituents is 1. The van der Waals surface area contributed by atoms with Gasteiger partial charge in [0.2, 0.25) is 0 Å². The molecule has 92 valence electrons. The third-order valence-corrected chi connectivity index (χ3v) is 2.87. The SMILES string of the molecule is CCC(=O)c1cc(C)c(OC(=O)CI)cc1O. The Kier molecular flexibility index (Phi) is 4.92. The van der Waals surface area contributed by atoms with Crippen molar-refractivity contribution in [3.05, 3.63) is 23.3 Å². The van der Waals surface area contributed by atoms with Crippen LogP contribution < -0.4 is 4.74 Å². The Morgan fingerprint density at radius 3 is 2.59 bits per heavy atom. The van der Waals surface area contributed by atoms with Gasteiger partial charge in [0, 0.05) is 12.5 Å². The average Bonchev–Trinajstić information content (AvgIpc) is 2.32. The van der Waals surface area contributed by atoms with E-state index in [9.17, 15) is 14.7 Å². The number of ether oxygens (including phenoxy) is 1. The molecule has 1 N–H and O–H groups in total. The summed E-state index contributed by atoms with van der Waals surface area (Å²) in [7, 11) is 0. The van der Waals surface area contributed by atoms with Crippen LogP contribution in [0.15, 0.2) is 12.1 Å². The van der Waals surface area contributed by atoms with E-state index in [0.717, 1.165) is 0 Å². The van der Waals surface area contributed by atoms with Crippen molar-refractivity contribution in [3.63, 3.8) is 0 Å². The van der Waals surface area contributed by atoms with E-state index in [1.807, 2.05) is 22.6 Å². The highest BCUT2D eigenvalue weighted by Gasteiger charge is 2.14. The van der Waals surface area contributed by atoms with Gasteiger partial charge in [0.05, 0.1) is 9.99 Å². The molecule has 4 nitrogen and oxygen atoms in total. The number of Topliss-reactive ketones (excluding diaryl/α,β-unsaturated/α-hetero) is 1. The number of carbonyl (C=O) groups excluding carboxylic acids is 2. The quantitative estimate of drug-likeness (QED) is 0.299. The number of carbonyl (C=O) groups is 2. The summed E-state index contributed by atoms with van der Waals surface area (Å²) in [6.07, 6.45) is 0.319. The Morgan fingerprint density at radius 2 is 2.06 bits per heavy atom. The predicted octanol–water partition coefficient (Wildman–Crippen LogP) is 2.63. The molecule has 0 aromatic heterocycles. The van der Waals surface area contributed by atoms with Crippen molar-refractivity contribution in [3.8, 4) is 11.5 Å². The molecular formula is C12H13IO4. The van der Waals surface area contributed by atoms with Crippen LogP contribution in [-0.2, 0) is 4.79 Å². The molecule has 0 radical (unpaired) electrons. The first-order valence-corrected chi connectivity index (χ1v) is 6.65. The zero-order valence-corrected chi connectivity index (χ0v) is 11.8. The zero-order chi connectivity index (χ0) is 13.0. The number of ketones is 1. The van der Waals surface area contributed by atoms with Crippen LogP contribution in [0, 0.1) is 6.92 Å². The molecule has 0 unspecified atom stereocenters. The molecule has 5 heteroatoms. The van der Waals surface area contributed by atoms with Crippen molar-refractivity contribution in [1.82, 2.24) is 0 Å². The molecule has 0 aliphatic rings. The monoisotopic (exact) mass is 348 g/mol. The van der Waals surface area contributed by atoms with Gasteiger partial charge in [-0.15, -0.1) is 0 Å². The fourth-order valence-corrected chi connectivity index (χ4v) is 1.51. The summed E-state index contributed by atoms with van der Waals surface area (Å²) in [4.78, 5) is 22.6. The molecule has 0 aliphatic heterocycles. The van der Waals surface area contributed by atoms with E-state index in [0.29, 0.717) is 12.0 Å². The van der Waals surface area contributed by atoms with Crippen molar-refractivity contribution in [2.45, 2.75) is 20.3 Å². The number of esters is 1. The van der Waals surface area contributed by atoms with Gasteiger partial charge in [0.1, 0.15) is 11.5 Å². The van der Waals surface area contributed by atoms with Crippen LogP contribution in [0.2, 0.25) is 0 Å². The minimum atomic E-state index is -0.386. The maximum atomic E-state index is 11.5. The predicted molar refractivity (Wildman–Crippen MR) is 72.0 cm³/mol. The van der Waals surface area contributed by atoms with Gasteiger partial charge in [-0.3, -0.25) is 9.59 Å². The summed E-state index contributed by atoms with van der Waals surface area (Å²) in [6, 6.07) is 2.85. The van der Waals surface area contributed by atoms with Crippen molar-refractivity contribution in [2.24, 2.45) is 0 Å². The highest BCUT2D eigenvalue weighted by Crippen LogP contribution is 2.28. The Morgan fingerprint density at radius 1 is 1.41 bits per heavy atom. The maximum absolute atomic E-state index is 11.5. The standard InChI is InChI=1S/C12H13IO4/c1-3-9(14)8-4-7(2)11(5-10(8)15)17-12(16)6-13/h4-5,15H,3,6H2,1-2H3. The summed E-state index contributed by atoms with van der Waals surface area (Å²) in [6.45, 7) is 3.45.